The number of carboxylic acid groups (broad SMARTS) is 1. The summed E-state index contributed by atoms with van der Waals surface area (Å²) in [6.45, 7) is 1.50. The Morgan fingerprint density at radius 3 is 2.68 bits per heavy atom. The van der Waals surface area contributed by atoms with E-state index >= 15 is 0 Å². The number of nitrogens with one attached hydrogen (secondary N) is 1. The van der Waals surface area contributed by atoms with E-state index in [0.29, 0.717) is 6.54 Å². The fourth-order valence-electron chi connectivity index (χ4n) is 2.24. The summed E-state index contributed by atoms with van der Waals surface area (Å²) in [6.07, 6.45) is 3.03. The van der Waals surface area contributed by atoms with Gasteiger partial charge in [0.05, 0.1) is 5.56 Å². The molecule has 0 radical (unpaired) electrons. The minimum atomic E-state index is -1.25. The van der Waals surface area contributed by atoms with Crippen LogP contribution in [0.4, 0.5) is 4.39 Å². The monoisotopic (exact) mass is 267 g/mol. The summed E-state index contributed by atoms with van der Waals surface area (Å²) in [5.41, 5.74) is 0.638. The van der Waals surface area contributed by atoms with E-state index < -0.39 is 11.8 Å². The zero-order chi connectivity index (χ0) is 13.9. The van der Waals surface area contributed by atoms with Crippen LogP contribution in [0.5, 0.6) is 0 Å². The lowest BCUT2D eigenvalue weighted by Gasteiger charge is -2.14. The topological polar surface area (TPSA) is 69.6 Å². The van der Waals surface area contributed by atoms with Crippen LogP contribution in [-0.4, -0.2) is 29.3 Å². The first-order chi connectivity index (χ1) is 9.06. The van der Waals surface area contributed by atoms with E-state index in [1.54, 1.807) is 6.07 Å². The van der Waals surface area contributed by atoms with Crippen LogP contribution in [0, 0.1) is 11.2 Å². The number of aromatic carboxylic acids is 1. The summed E-state index contributed by atoms with van der Waals surface area (Å²) >= 11 is 0. The number of hydrogen-bond donors (Lipinski definition) is 3. The molecule has 104 valence electrons. The second-order valence-electron chi connectivity index (χ2n) is 5.20. The van der Waals surface area contributed by atoms with Crippen LogP contribution < -0.4 is 5.32 Å². The summed E-state index contributed by atoms with van der Waals surface area (Å²) in [7, 11) is 0. The van der Waals surface area contributed by atoms with Gasteiger partial charge in [-0.05, 0) is 42.4 Å². The SMILES string of the molecule is O=C(O)c1ccc(CNCC2(CCO)CC2)cc1F. The van der Waals surface area contributed by atoms with Crippen molar-refractivity contribution in [2.24, 2.45) is 5.41 Å². The first kappa shape index (κ1) is 14.0. The Hall–Kier alpha value is -1.46. The third-order valence-electron chi connectivity index (χ3n) is 3.69. The van der Waals surface area contributed by atoms with E-state index in [2.05, 4.69) is 5.32 Å². The van der Waals surface area contributed by atoms with E-state index in [-0.39, 0.29) is 17.6 Å². The Balaban J connectivity index is 1.87. The van der Waals surface area contributed by atoms with Crippen molar-refractivity contribution < 1.29 is 19.4 Å². The molecule has 0 aromatic heterocycles. The molecule has 0 spiro atoms. The summed E-state index contributed by atoms with van der Waals surface area (Å²) in [6, 6.07) is 4.16. The zero-order valence-electron chi connectivity index (χ0n) is 10.7. The Labute approximate surface area is 111 Å². The molecule has 1 aliphatic rings. The number of aliphatic hydroxyl groups excluding tert-OH is 1. The molecule has 0 aliphatic heterocycles. The maximum Gasteiger partial charge on any atom is 0.338 e. The van der Waals surface area contributed by atoms with Gasteiger partial charge in [0.2, 0.25) is 0 Å². The standard InChI is InChI=1S/C14H18FNO3/c15-12-7-10(1-2-11(12)13(18)19)8-16-9-14(3-4-14)5-6-17/h1-2,7,16-17H,3-6,8-9H2,(H,18,19). The minimum Gasteiger partial charge on any atom is -0.478 e. The largest absolute Gasteiger partial charge is 0.478 e. The molecule has 1 aliphatic carbocycles. The maximum atomic E-state index is 13.5. The van der Waals surface area contributed by atoms with Gasteiger partial charge in [0, 0.05) is 19.7 Å². The molecule has 1 aromatic carbocycles. The molecule has 1 fully saturated rings. The van der Waals surface area contributed by atoms with Crippen molar-refractivity contribution in [1.82, 2.24) is 5.32 Å². The highest BCUT2D eigenvalue weighted by Crippen LogP contribution is 2.47. The number of halogens is 1. The molecular formula is C14H18FNO3. The lowest BCUT2D eigenvalue weighted by atomic mass is 10.0. The normalized spacial score (nSPS) is 16.3. The smallest absolute Gasteiger partial charge is 0.338 e. The van der Waals surface area contributed by atoms with Gasteiger partial charge < -0.3 is 15.5 Å². The molecule has 0 heterocycles. The first-order valence-corrected chi connectivity index (χ1v) is 6.40. The van der Waals surface area contributed by atoms with Crippen molar-refractivity contribution in [1.29, 1.82) is 0 Å². The highest BCUT2D eigenvalue weighted by Gasteiger charge is 2.41. The number of hydrogen-bond acceptors (Lipinski definition) is 3. The van der Waals surface area contributed by atoms with Crippen LogP contribution in [0.1, 0.15) is 35.2 Å². The van der Waals surface area contributed by atoms with Crippen molar-refractivity contribution in [3.8, 4) is 0 Å². The Morgan fingerprint density at radius 1 is 1.42 bits per heavy atom. The number of carboxylic acids is 1. The van der Waals surface area contributed by atoms with E-state index in [4.69, 9.17) is 10.2 Å². The van der Waals surface area contributed by atoms with Crippen molar-refractivity contribution in [2.45, 2.75) is 25.8 Å². The second-order valence-corrected chi connectivity index (χ2v) is 5.20. The van der Waals surface area contributed by atoms with Gasteiger partial charge in [0.15, 0.2) is 0 Å². The van der Waals surface area contributed by atoms with Gasteiger partial charge in [-0.25, -0.2) is 9.18 Å². The fourth-order valence-corrected chi connectivity index (χ4v) is 2.24. The van der Waals surface area contributed by atoms with Gasteiger partial charge in [-0.1, -0.05) is 6.07 Å². The van der Waals surface area contributed by atoms with E-state index in [1.165, 1.54) is 12.1 Å². The van der Waals surface area contributed by atoms with Crippen LogP contribution in [-0.2, 0) is 6.54 Å². The van der Waals surface area contributed by atoms with Crippen LogP contribution in [0.2, 0.25) is 0 Å². The predicted molar refractivity (Wildman–Crippen MR) is 68.4 cm³/mol. The maximum absolute atomic E-state index is 13.5. The second kappa shape index (κ2) is 5.67. The lowest BCUT2D eigenvalue weighted by Crippen LogP contribution is -2.24. The van der Waals surface area contributed by atoms with Gasteiger partial charge in [-0.3, -0.25) is 0 Å². The van der Waals surface area contributed by atoms with Gasteiger partial charge in [0.25, 0.3) is 0 Å². The molecule has 0 atom stereocenters. The van der Waals surface area contributed by atoms with Crippen LogP contribution >= 0.6 is 0 Å². The highest BCUT2D eigenvalue weighted by atomic mass is 19.1. The highest BCUT2D eigenvalue weighted by molar-refractivity contribution is 5.87. The number of aliphatic hydroxyl groups is 1. The Morgan fingerprint density at radius 2 is 2.16 bits per heavy atom. The van der Waals surface area contributed by atoms with E-state index in [9.17, 15) is 9.18 Å². The Bertz CT molecular complexity index is 472. The zero-order valence-corrected chi connectivity index (χ0v) is 10.7. The molecule has 19 heavy (non-hydrogen) atoms. The van der Waals surface area contributed by atoms with Crippen LogP contribution in [0.15, 0.2) is 18.2 Å². The quantitative estimate of drug-likeness (QED) is 0.704. The molecule has 3 N–H and O–H groups in total. The first-order valence-electron chi connectivity index (χ1n) is 6.40. The number of rotatable bonds is 7. The van der Waals surface area contributed by atoms with Gasteiger partial charge in [-0.15, -0.1) is 0 Å². The predicted octanol–water partition coefficient (Wildman–Crippen LogP) is 1.78. The lowest BCUT2D eigenvalue weighted by molar-refractivity contribution is 0.0692. The summed E-state index contributed by atoms with van der Waals surface area (Å²) in [5.74, 6) is -1.96. The Kier molecular flexibility index (Phi) is 4.17. The van der Waals surface area contributed by atoms with Crippen molar-refractivity contribution in [2.75, 3.05) is 13.2 Å². The molecule has 1 saturated carbocycles. The van der Waals surface area contributed by atoms with Gasteiger partial charge in [-0.2, -0.15) is 0 Å². The summed E-state index contributed by atoms with van der Waals surface area (Å²) in [5, 5.41) is 20.9. The molecule has 1 aromatic rings. The molecule has 0 saturated heterocycles. The summed E-state index contributed by atoms with van der Waals surface area (Å²) < 4.78 is 13.5. The third-order valence-corrected chi connectivity index (χ3v) is 3.69. The third kappa shape index (κ3) is 3.52. The molecular weight excluding hydrogens is 249 g/mol. The van der Waals surface area contributed by atoms with Gasteiger partial charge in [0.1, 0.15) is 5.82 Å². The molecule has 2 rings (SSSR count). The average molecular weight is 267 g/mol. The van der Waals surface area contributed by atoms with Crippen LogP contribution in [0.25, 0.3) is 0 Å². The molecule has 0 unspecified atom stereocenters. The minimum absolute atomic E-state index is 0.198. The average Bonchev–Trinajstić information content (AvgIpc) is 3.09. The number of carbonyl (C=O) groups is 1. The molecule has 0 bridgehead atoms. The van der Waals surface area contributed by atoms with E-state index in [0.717, 1.165) is 31.4 Å². The van der Waals surface area contributed by atoms with Gasteiger partial charge >= 0.3 is 5.97 Å². The van der Waals surface area contributed by atoms with Crippen molar-refractivity contribution in [3.63, 3.8) is 0 Å². The molecule has 0 amide bonds. The fraction of sp³-hybridized carbons (Fsp3) is 0.500. The van der Waals surface area contributed by atoms with Crippen LogP contribution in [0.3, 0.4) is 0 Å². The van der Waals surface area contributed by atoms with Crippen molar-refractivity contribution in [3.05, 3.63) is 35.1 Å². The van der Waals surface area contributed by atoms with E-state index in [1.807, 2.05) is 0 Å². The molecule has 5 heteroatoms. The summed E-state index contributed by atoms with van der Waals surface area (Å²) in [4.78, 5) is 10.7. The van der Waals surface area contributed by atoms with Crippen molar-refractivity contribution >= 4 is 5.97 Å². The molecule has 4 nitrogen and oxygen atoms in total. The number of benzene rings is 1.